The summed E-state index contributed by atoms with van der Waals surface area (Å²) in [6, 6.07) is 9.31. The van der Waals surface area contributed by atoms with Crippen LogP contribution in [0.1, 0.15) is 12.8 Å². The smallest absolute Gasteiger partial charge is 0.229 e. The number of rotatable bonds is 7. The lowest BCUT2D eigenvalue weighted by Gasteiger charge is -2.17. The van der Waals surface area contributed by atoms with Gasteiger partial charge in [-0.25, -0.2) is 8.78 Å². The third kappa shape index (κ3) is 5.28. The van der Waals surface area contributed by atoms with Gasteiger partial charge in [-0.1, -0.05) is 0 Å². The molecule has 1 aliphatic heterocycles. The van der Waals surface area contributed by atoms with E-state index in [2.05, 4.69) is 5.32 Å². The highest BCUT2D eigenvalue weighted by Crippen LogP contribution is 2.27. The Hall–Kier alpha value is -3.49. The second kappa shape index (κ2) is 8.68. The number of amides is 3. The summed E-state index contributed by atoms with van der Waals surface area (Å²) in [5, 5.41) is 2.71. The Morgan fingerprint density at radius 1 is 1.14 bits per heavy atom. The number of nitrogens with one attached hydrogen (secondary N) is 1. The van der Waals surface area contributed by atoms with E-state index in [1.807, 2.05) is 0 Å². The SMILES string of the molecule is NC(=O)CCOc1ccc(NC(=O)C2CC(=O)N(c3cc(F)cc(F)c3)C2)cc1. The van der Waals surface area contributed by atoms with Crippen LogP contribution in [0, 0.1) is 17.6 Å². The van der Waals surface area contributed by atoms with E-state index in [0.29, 0.717) is 11.4 Å². The molecule has 0 bridgehead atoms. The predicted molar refractivity (Wildman–Crippen MR) is 101 cm³/mol. The number of halogens is 2. The van der Waals surface area contributed by atoms with E-state index in [4.69, 9.17) is 10.5 Å². The van der Waals surface area contributed by atoms with Gasteiger partial charge in [-0.3, -0.25) is 14.4 Å². The summed E-state index contributed by atoms with van der Waals surface area (Å²) >= 11 is 0. The summed E-state index contributed by atoms with van der Waals surface area (Å²) in [6.45, 7) is 0.184. The van der Waals surface area contributed by atoms with Crippen LogP contribution in [0.15, 0.2) is 42.5 Å². The number of benzene rings is 2. The fourth-order valence-corrected chi connectivity index (χ4v) is 2.98. The molecule has 3 rings (SSSR count). The van der Waals surface area contributed by atoms with Crippen molar-refractivity contribution in [1.82, 2.24) is 0 Å². The molecule has 7 nitrogen and oxygen atoms in total. The average Bonchev–Trinajstić information content (AvgIpc) is 3.04. The van der Waals surface area contributed by atoms with Gasteiger partial charge in [0.1, 0.15) is 17.4 Å². The van der Waals surface area contributed by atoms with Crippen molar-refractivity contribution in [3.63, 3.8) is 0 Å². The number of anilines is 2. The maximum absolute atomic E-state index is 13.4. The first kappa shape index (κ1) is 20.2. The molecule has 1 aliphatic rings. The Balaban J connectivity index is 1.58. The van der Waals surface area contributed by atoms with Gasteiger partial charge < -0.3 is 20.7 Å². The molecular weight excluding hydrogens is 384 g/mol. The van der Waals surface area contributed by atoms with Crippen molar-refractivity contribution in [3.8, 4) is 5.75 Å². The minimum Gasteiger partial charge on any atom is -0.493 e. The first-order valence-corrected chi connectivity index (χ1v) is 8.90. The zero-order valence-corrected chi connectivity index (χ0v) is 15.4. The number of hydrogen-bond acceptors (Lipinski definition) is 4. The Kier molecular flexibility index (Phi) is 6.06. The number of nitrogens with two attached hydrogens (primary N) is 1. The number of hydrogen-bond donors (Lipinski definition) is 2. The lowest BCUT2D eigenvalue weighted by molar-refractivity contribution is -0.122. The van der Waals surface area contributed by atoms with Crippen molar-refractivity contribution in [3.05, 3.63) is 54.1 Å². The van der Waals surface area contributed by atoms with Gasteiger partial charge in [0.25, 0.3) is 0 Å². The van der Waals surface area contributed by atoms with Gasteiger partial charge in [0.05, 0.1) is 18.9 Å². The standard InChI is InChI=1S/C20H19F2N3O4/c21-13-8-14(22)10-16(9-13)25-11-12(7-19(25)27)20(28)24-15-1-3-17(4-2-15)29-6-5-18(23)26/h1-4,8-10,12H,5-7,11H2,(H2,23,26)(H,24,28). The number of nitrogens with zero attached hydrogens (tertiary/aromatic N) is 1. The third-order valence-electron chi connectivity index (χ3n) is 4.39. The summed E-state index contributed by atoms with van der Waals surface area (Å²) in [7, 11) is 0. The van der Waals surface area contributed by atoms with Gasteiger partial charge in [0, 0.05) is 30.4 Å². The Morgan fingerprint density at radius 2 is 1.79 bits per heavy atom. The number of primary amides is 1. The van der Waals surface area contributed by atoms with E-state index < -0.39 is 23.5 Å². The lowest BCUT2D eigenvalue weighted by Crippen LogP contribution is -2.28. The fourth-order valence-electron chi connectivity index (χ4n) is 2.98. The Morgan fingerprint density at radius 3 is 2.41 bits per heavy atom. The van der Waals surface area contributed by atoms with Crippen molar-refractivity contribution in [2.24, 2.45) is 11.7 Å². The van der Waals surface area contributed by atoms with Gasteiger partial charge in [-0.2, -0.15) is 0 Å². The molecule has 0 spiro atoms. The van der Waals surface area contributed by atoms with Gasteiger partial charge in [-0.15, -0.1) is 0 Å². The van der Waals surface area contributed by atoms with Crippen LogP contribution in [0.2, 0.25) is 0 Å². The first-order chi connectivity index (χ1) is 13.8. The lowest BCUT2D eigenvalue weighted by atomic mass is 10.1. The second-order valence-corrected chi connectivity index (χ2v) is 6.61. The third-order valence-corrected chi connectivity index (χ3v) is 4.39. The van der Waals surface area contributed by atoms with E-state index in [1.54, 1.807) is 24.3 Å². The molecule has 2 aromatic carbocycles. The molecule has 0 aromatic heterocycles. The molecule has 1 heterocycles. The maximum Gasteiger partial charge on any atom is 0.229 e. The predicted octanol–water partition coefficient (Wildman–Crippen LogP) is 2.21. The van der Waals surface area contributed by atoms with Crippen LogP contribution in [0.4, 0.5) is 20.2 Å². The molecule has 1 fully saturated rings. The molecule has 1 unspecified atom stereocenters. The van der Waals surface area contributed by atoms with Crippen LogP contribution in [0.25, 0.3) is 0 Å². The van der Waals surface area contributed by atoms with Crippen LogP contribution >= 0.6 is 0 Å². The van der Waals surface area contributed by atoms with E-state index >= 15 is 0 Å². The normalized spacial score (nSPS) is 16.0. The zero-order chi connectivity index (χ0) is 21.0. The van der Waals surface area contributed by atoms with Crippen LogP contribution in [0.5, 0.6) is 5.75 Å². The number of carbonyl (C=O) groups excluding carboxylic acids is 3. The molecule has 1 atom stereocenters. The van der Waals surface area contributed by atoms with Gasteiger partial charge in [-0.05, 0) is 36.4 Å². The van der Waals surface area contributed by atoms with E-state index in [0.717, 1.165) is 18.2 Å². The quantitative estimate of drug-likeness (QED) is 0.740. The molecular formula is C20H19F2N3O4. The second-order valence-electron chi connectivity index (χ2n) is 6.61. The van der Waals surface area contributed by atoms with Crippen molar-refractivity contribution < 1.29 is 27.9 Å². The highest BCUT2D eigenvalue weighted by atomic mass is 19.1. The van der Waals surface area contributed by atoms with Crippen molar-refractivity contribution in [1.29, 1.82) is 0 Å². The largest absolute Gasteiger partial charge is 0.493 e. The van der Waals surface area contributed by atoms with Gasteiger partial charge >= 0.3 is 0 Å². The van der Waals surface area contributed by atoms with Crippen LogP contribution in [0.3, 0.4) is 0 Å². The summed E-state index contributed by atoms with van der Waals surface area (Å²) in [5.41, 5.74) is 5.62. The molecule has 1 saturated heterocycles. The van der Waals surface area contributed by atoms with Gasteiger partial charge in [0.2, 0.25) is 17.7 Å². The molecule has 0 radical (unpaired) electrons. The number of carbonyl (C=O) groups is 3. The van der Waals surface area contributed by atoms with Crippen LogP contribution in [-0.2, 0) is 14.4 Å². The molecule has 9 heteroatoms. The van der Waals surface area contributed by atoms with E-state index in [-0.39, 0.29) is 43.5 Å². The summed E-state index contributed by atoms with van der Waals surface area (Å²) in [4.78, 5) is 36.6. The molecule has 0 aliphatic carbocycles. The van der Waals surface area contributed by atoms with Crippen molar-refractivity contribution in [2.45, 2.75) is 12.8 Å². The van der Waals surface area contributed by atoms with Crippen LogP contribution < -0.4 is 20.7 Å². The highest BCUT2D eigenvalue weighted by Gasteiger charge is 2.35. The highest BCUT2D eigenvalue weighted by molar-refractivity contribution is 6.03. The molecule has 29 heavy (non-hydrogen) atoms. The van der Waals surface area contributed by atoms with Gasteiger partial charge in [0.15, 0.2) is 0 Å². The maximum atomic E-state index is 13.4. The van der Waals surface area contributed by atoms with E-state index in [1.165, 1.54) is 4.90 Å². The minimum absolute atomic E-state index is 0.0296. The topological polar surface area (TPSA) is 102 Å². The first-order valence-electron chi connectivity index (χ1n) is 8.90. The van der Waals surface area contributed by atoms with Crippen LogP contribution in [-0.4, -0.2) is 30.9 Å². The molecule has 0 saturated carbocycles. The molecule has 2 aromatic rings. The Labute approximate surface area is 165 Å². The monoisotopic (exact) mass is 403 g/mol. The fraction of sp³-hybridized carbons (Fsp3) is 0.250. The summed E-state index contributed by atoms with van der Waals surface area (Å²) in [5.74, 6) is -2.94. The van der Waals surface area contributed by atoms with Crippen molar-refractivity contribution in [2.75, 3.05) is 23.4 Å². The van der Waals surface area contributed by atoms with E-state index in [9.17, 15) is 23.2 Å². The molecule has 3 amide bonds. The minimum atomic E-state index is -0.793. The summed E-state index contributed by atoms with van der Waals surface area (Å²) < 4.78 is 32.2. The average molecular weight is 403 g/mol. The van der Waals surface area contributed by atoms with Crippen molar-refractivity contribution >= 4 is 29.1 Å². The molecule has 152 valence electrons. The zero-order valence-electron chi connectivity index (χ0n) is 15.4. The summed E-state index contributed by atoms with van der Waals surface area (Å²) in [6.07, 6.45) is 0.0399. The number of ether oxygens (including phenoxy) is 1. The Bertz CT molecular complexity index is 914. The molecule has 3 N–H and O–H groups in total.